The summed E-state index contributed by atoms with van der Waals surface area (Å²) in [5.41, 5.74) is 0.423. The first-order valence-corrected chi connectivity index (χ1v) is 6.88. The van der Waals surface area contributed by atoms with Gasteiger partial charge in [0.1, 0.15) is 11.8 Å². The molecular formula is C15H17F2NO4. The Morgan fingerprint density at radius 2 is 2.05 bits per heavy atom. The van der Waals surface area contributed by atoms with Gasteiger partial charge in [-0.3, -0.25) is 4.79 Å². The number of benzene rings is 1. The van der Waals surface area contributed by atoms with Crippen LogP contribution in [-0.2, 0) is 14.3 Å². The molecule has 2 unspecified atom stereocenters. The molecule has 1 aliphatic rings. The van der Waals surface area contributed by atoms with E-state index in [1.165, 1.54) is 18.1 Å². The van der Waals surface area contributed by atoms with E-state index in [4.69, 9.17) is 4.74 Å². The molecule has 1 heterocycles. The quantitative estimate of drug-likeness (QED) is 0.784. The standard InChI is InChI=1S/C15H17F2NO4/c1-9(10-5-3-4-6-12(10)22-15(16)17)18-11(14(20)21-2)7-8-13(18)19/h3-6,9,11,15H,7-8H2,1-2H3. The van der Waals surface area contributed by atoms with E-state index >= 15 is 0 Å². The van der Waals surface area contributed by atoms with Crippen molar-refractivity contribution in [3.05, 3.63) is 29.8 Å². The van der Waals surface area contributed by atoms with Crippen molar-refractivity contribution >= 4 is 11.9 Å². The number of alkyl halides is 2. The molecule has 0 spiro atoms. The fraction of sp³-hybridized carbons (Fsp3) is 0.467. The molecule has 1 saturated heterocycles. The number of methoxy groups -OCH3 is 1. The number of ether oxygens (including phenoxy) is 2. The number of carbonyl (C=O) groups is 2. The third-order valence-electron chi connectivity index (χ3n) is 3.73. The maximum absolute atomic E-state index is 12.5. The topological polar surface area (TPSA) is 55.8 Å². The number of hydrogen-bond acceptors (Lipinski definition) is 4. The summed E-state index contributed by atoms with van der Waals surface area (Å²) in [6.45, 7) is -1.29. The molecular weight excluding hydrogens is 296 g/mol. The summed E-state index contributed by atoms with van der Waals surface area (Å²) in [5, 5.41) is 0. The molecule has 1 aromatic carbocycles. The van der Waals surface area contributed by atoms with Gasteiger partial charge in [-0.15, -0.1) is 0 Å². The molecule has 1 fully saturated rings. The van der Waals surface area contributed by atoms with Crippen molar-refractivity contribution in [2.24, 2.45) is 0 Å². The van der Waals surface area contributed by atoms with E-state index in [1.54, 1.807) is 25.1 Å². The Bertz CT molecular complexity index is 564. The van der Waals surface area contributed by atoms with Crippen LogP contribution in [0.25, 0.3) is 0 Å². The number of nitrogens with zero attached hydrogens (tertiary/aromatic N) is 1. The predicted molar refractivity (Wildman–Crippen MR) is 73.4 cm³/mol. The molecule has 0 N–H and O–H groups in total. The second-order valence-corrected chi connectivity index (χ2v) is 4.97. The SMILES string of the molecule is COC(=O)C1CCC(=O)N1C(C)c1ccccc1OC(F)F. The molecule has 0 aliphatic carbocycles. The summed E-state index contributed by atoms with van der Waals surface area (Å²) < 4.78 is 34.2. The van der Waals surface area contributed by atoms with Crippen LogP contribution in [0.4, 0.5) is 8.78 Å². The zero-order valence-electron chi connectivity index (χ0n) is 12.3. The molecule has 22 heavy (non-hydrogen) atoms. The van der Waals surface area contributed by atoms with Crippen molar-refractivity contribution < 1.29 is 27.8 Å². The maximum atomic E-state index is 12.5. The highest BCUT2D eigenvalue weighted by Gasteiger charge is 2.40. The van der Waals surface area contributed by atoms with Crippen molar-refractivity contribution in [3.8, 4) is 5.75 Å². The first-order valence-electron chi connectivity index (χ1n) is 6.88. The van der Waals surface area contributed by atoms with Gasteiger partial charge >= 0.3 is 12.6 Å². The van der Waals surface area contributed by atoms with E-state index in [-0.39, 0.29) is 18.1 Å². The number of halogens is 2. The van der Waals surface area contributed by atoms with Crippen LogP contribution in [0.2, 0.25) is 0 Å². The predicted octanol–water partition coefficient (Wildman–Crippen LogP) is 2.51. The summed E-state index contributed by atoms with van der Waals surface area (Å²) in [6, 6.07) is 4.96. The molecule has 2 atom stereocenters. The zero-order chi connectivity index (χ0) is 16.3. The molecule has 0 bridgehead atoms. The van der Waals surface area contributed by atoms with Crippen LogP contribution in [0, 0.1) is 0 Å². The number of amides is 1. The van der Waals surface area contributed by atoms with E-state index in [9.17, 15) is 18.4 Å². The zero-order valence-corrected chi connectivity index (χ0v) is 12.3. The summed E-state index contributed by atoms with van der Waals surface area (Å²) in [4.78, 5) is 25.3. The fourth-order valence-electron chi connectivity index (χ4n) is 2.73. The van der Waals surface area contributed by atoms with E-state index in [2.05, 4.69) is 4.74 Å². The van der Waals surface area contributed by atoms with Gasteiger partial charge in [-0.2, -0.15) is 8.78 Å². The number of hydrogen-bond donors (Lipinski definition) is 0. The number of likely N-dealkylation sites (tertiary alicyclic amines) is 1. The molecule has 2 rings (SSSR count). The summed E-state index contributed by atoms with van der Waals surface area (Å²) in [5.74, 6) is -0.729. The Hall–Kier alpha value is -2.18. The summed E-state index contributed by atoms with van der Waals surface area (Å²) in [6.07, 6.45) is 0.579. The van der Waals surface area contributed by atoms with Crippen molar-refractivity contribution in [2.45, 2.75) is 38.5 Å². The third-order valence-corrected chi connectivity index (χ3v) is 3.73. The minimum absolute atomic E-state index is 0.00619. The number of para-hydroxylation sites is 1. The van der Waals surface area contributed by atoms with E-state index in [1.807, 2.05) is 0 Å². The van der Waals surface area contributed by atoms with Crippen LogP contribution in [0.1, 0.15) is 31.4 Å². The van der Waals surface area contributed by atoms with Gasteiger partial charge in [0, 0.05) is 12.0 Å². The lowest BCUT2D eigenvalue weighted by atomic mass is 10.0. The van der Waals surface area contributed by atoms with Gasteiger partial charge in [-0.05, 0) is 19.4 Å². The Labute approximate surface area is 126 Å². The van der Waals surface area contributed by atoms with E-state index in [0.29, 0.717) is 12.0 Å². The summed E-state index contributed by atoms with van der Waals surface area (Å²) in [7, 11) is 1.25. The van der Waals surface area contributed by atoms with Crippen LogP contribution in [0.5, 0.6) is 5.75 Å². The molecule has 5 nitrogen and oxygen atoms in total. The van der Waals surface area contributed by atoms with Crippen LogP contribution in [0.3, 0.4) is 0 Å². The lowest BCUT2D eigenvalue weighted by Crippen LogP contribution is -2.41. The van der Waals surface area contributed by atoms with Crippen LogP contribution < -0.4 is 4.74 Å². The highest BCUT2D eigenvalue weighted by molar-refractivity contribution is 5.88. The molecule has 1 aliphatic heterocycles. The van der Waals surface area contributed by atoms with Gasteiger partial charge in [-0.25, -0.2) is 4.79 Å². The van der Waals surface area contributed by atoms with Gasteiger partial charge in [0.2, 0.25) is 5.91 Å². The average molecular weight is 313 g/mol. The largest absolute Gasteiger partial charge is 0.467 e. The fourth-order valence-corrected chi connectivity index (χ4v) is 2.73. The monoisotopic (exact) mass is 313 g/mol. The molecule has 0 saturated carbocycles. The Morgan fingerprint density at radius 1 is 1.36 bits per heavy atom. The third kappa shape index (κ3) is 3.18. The Morgan fingerprint density at radius 3 is 2.68 bits per heavy atom. The van der Waals surface area contributed by atoms with Crippen molar-refractivity contribution in [1.82, 2.24) is 4.90 Å². The van der Waals surface area contributed by atoms with Crippen molar-refractivity contribution in [1.29, 1.82) is 0 Å². The number of esters is 1. The molecule has 1 amide bonds. The van der Waals surface area contributed by atoms with Crippen LogP contribution >= 0.6 is 0 Å². The normalized spacial score (nSPS) is 19.4. The molecule has 0 radical (unpaired) electrons. The van der Waals surface area contributed by atoms with Crippen LogP contribution in [-0.4, -0.2) is 36.5 Å². The first-order chi connectivity index (χ1) is 10.5. The highest BCUT2D eigenvalue weighted by atomic mass is 19.3. The lowest BCUT2D eigenvalue weighted by molar-refractivity contribution is -0.150. The van der Waals surface area contributed by atoms with E-state index < -0.39 is 24.7 Å². The van der Waals surface area contributed by atoms with Gasteiger partial charge in [-0.1, -0.05) is 18.2 Å². The minimum Gasteiger partial charge on any atom is -0.467 e. The van der Waals surface area contributed by atoms with Gasteiger partial charge < -0.3 is 14.4 Å². The second kappa shape index (κ2) is 6.72. The smallest absolute Gasteiger partial charge is 0.387 e. The Kier molecular flexibility index (Phi) is 4.95. The lowest BCUT2D eigenvalue weighted by Gasteiger charge is -2.30. The average Bonchev–Trinajstić information content (AvgIpc) is 2.87. The molecule has 7 heteroatoms. The molecule has 1 aromatic rings. The van der Waals surface area contributed by atoms with Gasteiger partial charge in [0.25, 0.3) is 0 Å². The number of rotatable bonds is 5. The maximum Gasteiger partial charge on any atom is 0.387 e. The first kappa shape index (κ1) is 16.2. The van der Waals surface area contributed by atoms with Gasteiger partial charge in [0.05, 0.1) is 13.2 Å². The van der Waals surface area contributed by atoms with Gasteiger partial charge in [0.15, 0.2) is 0 Å². The van der Waals surface area contributed by atoms with Crippen molar-refractivity contribution in [3.63, 3.8) is 0 Å². The summed E-state index contributed by atoms with van der Waals surface area (Å²) >= 11 is 0. The highest BCUT2D eigenvalue weighted by Crippen LogP contribution is 2.35. The Balaban J connectivity index is 2.32. The van der Waals surface area contributed by atoms with E-state index in [0.717, 1.165) is 0 Å². The molecule has 0 aromatic heterocycles. The second-order valence-electron chi connectivity index (χ2n) is 4.97. The minimum atomic E-state index is -2.96. The van der Waals surface area contributed by atoms with Crippen LogP contribution in [0.15, 0.2) is 24.3 Å². The molecule has 120 valence electrons. The van der Waals surface area contributed by atoms with Crippen molar-refractivity contribution in [2.75, 3.05) is 7.11 Å². The number of carbonyl (C=O) groups excluding carboxylic acids is 2.